The van der Waals surface area contributed by atoms with Crippen LogP contribution in [-0.2, 0) is 19.5 Å². The van der Waals surface area contributed by atoms with E-state index in [4.69, 9.17) is 16.7 Å². The molecule has 0 unspecified atom stereocenters. The van der Waals surface area contributed by atoms with Crippen LogP contribution in [0.25, 0.3) is 5.69 Å². The molecule has 4 nitrogen and oxygen atoms in total. The van der Waals surface area contributed by atoms with E-state index < -0.39 is 0 Å². The van der Waals surface area contributed by atoms with Crippen molar-refractivity contribution in [3.8, 4) is 5.69 Å². The van der Waals surface area contributed by atoms with Crippen LogP contribution in [0.4, 0.5) is 0 Å². The predicted octanol–water partition coefficient (Wildman–Crippen LogP) is 3.01. The first-order valence-corrected chi connectivity index (χ1v) is 8.34. The maximum absolute atomic E-state index is 6.38. The smallest absolute Gasteiger partial charge is 0.0835 e. The van der Waals surface area contributed by atoms with Crippen molar-refractivity contribution in [3.63, 3.8) is 0 Å². The highest BCUT2D eigenvalue weighted by atomic mass is 35.5. The summed E-state index contributed by atoms with van der Waals surface area (Å²) in [5.74, 6) is 0. The molecular weight excluding hydrogens is 296 g/mol. The SMILES string of the molecule is CCCN1CCc2c(c(CNC)nn2-c2ccccc2Cl)C1. The van der Waals surface area contributed by atoms with Gasteiger partial charge in [0.2, 0.25) is 0 Å². The van der Waals surface area contributed by atoms with Gasteiger partial charge in [-0.2, -0.15) is 5.10 Å². The molecule has 0 saturated carbocycles. The lowest BCUT2D eigenvalue weighted by Crippen LogP contribution is -2.32. The summed E-state index contributed by atoms with van der Waals surface area (Å²) in [7, 11) is 1.97. The fourth-order valence-corrected chi connectivity index (χ4v) is 3.40. The minimum atomic E-state index is 0.750. The van der Waals surface area contributed by atoms with Crippen molar-refractivity contribution >= 4 is 11.6 Å². The van der Waals surface area contributed by atoms with Gasteiger partial charge in [0.05, 0.1) is 22.1 Å². The summed E-state index contributed by atoms with van der Waals surface area (Å²) in [6.45, 7) is 6.26. The zero-order valence-electron chi connectivity index (χ0n) is 13.3. The molecule has 0 radical (unpaired) electrons. The highest BCUT2D eigenvalue weighted by Crippen LogP contribution is 2.28. The Kier molecular flexibility index (Phi) is 4.81. The van der Waals surface area contributed by atoms with Crippen LogP contribution in [-0.4, -0.2) is 34.8 Å². The molecule has 0 saturated heterocycles. The number of nitrogens with zero attached hydrogens (tertiary/aromatic N) is 3. The summed E-state index contributed by atoms with van der Waals surface area (Å²) in [5, 5.41) is 8.83. The van der Waals surface area contributed by atoms with Gasteiger partial charge in [0, 0.05) is 31.6 Å². The van der Waals surface area contributed by atoms with Crippen molar-refractivity contribution in [2.24, 2.45) is 0 Å². The maximum atomic E-state index is 6.38. The number of para-hydroxylation sites is 1. The van der Waals surface area contributed by atoms with Crippen LogP contribution >= 0.6 is 11.6 Å². The van der Waals surface area contributed by atoms with Gasteiger partial charge in [-0.05, 0) is 32.1 Å². The molecule has 0 bridgehead atoms. The lowest BCUT2D eigenvalue weighted by atomic mass is 10.0. The third-order valence-electron chi connectivity index (χ3n) is 4.18. The zero-order valence-corrected chi connectivity index (χ0v) is 14.0. The summed E-state index contributed by atoms with van der Waals surface area (Å²) < 4.78 is 2.05. The van der Waals surface area contributed by atoms with Crippen molar-refractivity contribution < 1.29 is 0 Å². The number of hydrogen-bond donors (Lipinski definition) is 1. The zero-order chi connectivity index (χ0) is 15.5. The van der Waals surface area contributed by atoms with Gasteiger partial charge in [-0.15, -0.1) is 0 Å². The molecule has 22 heavy (non-hydrogen) atoms. The van der Waals surface area contributed by atoms with E-state index in [9.17, 15) is 0 Å². The third-order valence-corrected chi connectivity index (χ3v) is 4.50. The van der Waals surface area contributed by atoms with E-state index in [1.54, 1.807) is 0 Å². The molecule has 1 aromatic carbocycles. The first-order chi connectivity index (χ1) is 10.7. The summed E-state index contributed by atoms with van der Waals surface area (Å²) in [6.07, 6.45) is 2.21. The molecule has 1 aliphatic rings. The van der Waals surface area contributed by atoms with Gasteiger partial charge in [-0.25, -0.2) is 4.68 Å². The first-order valence-electron chi connectivity index (χ1n) is 7.96. The Bertz CT molecular complexity index is 650. The topological polar surface area (TPSA) is 33.1 Å². The average Bonchev–Trinajstić information content (AvgIpc) is 2.87. The fraction of sp³-hybridized carbons (Fsp3) is 0.471. The van der Waals surface area contributed by atoms with Crippen LogP contribution in [0.1, 0.15) is 30.3 Å². The van der Waals surface area contributed by atoms with Gasteiger partial charge in [-0.3, -0.25) is 4.90 Å². The summed E-state index contributed by atoms with van der Waals surface area (Å²) in [6, 6.07) is 7.94. The molecule has 118 valence electrons. The molecule has 0 spiro atoms. The minimum absolute atomic E-state index is 0.750. The second-order valence-corrected chi connectivity index (χ2v) is 6.20. The van der Waals surface area contributed by atoms with Gasteiger partial charge in [0.25, 0.3) is 0 Å². The Morgan fingerprint density at radius 1 is 1.32 bits per heavy atom. The molecule has 0 atom stereocenters. The number of aromatic nitrogens is 2. The number of fused-ring (bicyclic) bond motifs is 1. The van der Waals surface area contributed by atoms with E-state index in [1.807, 2.05) is 36.0 Å². The summed E-state index contributed by atoms with van der Waals surface area (Å²) in [5.41, 5.74) is 4.80. The van der Waals surface area contributed by atoms with E-state index >= 15 is 0 Å². The lowest BCUT2D eigenvalue weighted by Gasteiger charge is -2.27. The van der Waals surface area contributed by atoms with Gasteiger partial charge in [0.15, 0.2) is 0 Å². The van der Waals surface area contributed by atoms with Crippen molar-refractivity contribution in [2.45, 2.75) is 32.9 Å². The van der Waals surface area contributed by atoms with Crippen molar-refractivity contribution in [3.05, 3.63) is 46.2 Å². The Labute approximate surface area is 137 Å². The molecule has 5 heteroatoms. The molecule has 0 aliphatic carbocycles. The molecule has 1 N–H and O–H groups in total. The van der Waals surface area contributed by atoms with Crippen LogP contribution in [0.5, 0.6) is 0 Å². The van der Waals surface area contributed by atoms with Gasteiger partial charge in [0.1, 0.15) is 0 Å². The van der Waals surface area contributed by atoms with E-state index in [0.29, 0.717) is 0 Å². The normalized spacial score (nSPS) is 15.0. The number of nitrogens with one attached hydrogen (secondary N) is 1. The molecule has 1 aliphatic heterocycles. The lowest BCUT2D eigenvalue weighted by molar-refractivity contribution is 0.252. The Morgan fingerprint density at radius 2 is 2.14 bits per heavy atom. The molecular formula is C17H23ClN4. The fourth-order valence-electron chi connectivity index (χ4n) is 3.18. The van der Waals surface area contributed by atoms with Gasteiger partial charge < -0.3 is 5.32 Å². The summed E-state index contributed by atoms with van der Waals surface area (Å²) >= 11 is 6.38. The maximum Gasteiger partial charge on any atom is 0.0835 e. The molecule has 3 rings (SSSR count). The monoisotopic (exact) mass is 318 g/mol. The third kappa shape index (κ3) is 2.91. The van der Waals surface area contributed by atoms with E-state index in [2.05, 4.69) is 17.1 Å². The van der Waals surface area contributed by atoms with Crippen LogP contribution in [0.2, 0.25) is 5.02 Å². The largest absolute Gasteiger partial charge is 0.314 e. The highest BCUT2D eigenvalue weighted by molar-refractivity contribution is 6.32. The standard InChI is InChI=1S/C17H23ClN4/c1-3-9-21-10-8-16-13(12-21)15(11-19-2)20-22(16)17-7-5-4-6-14(17)18/h4-7,19H,3,8-12H2,1-2H3. The van der Waals surface area contributed by atoms with Crippen molar-refractivity contribution in [2.75, 3.05) is 20.1 Å². The van der Waals surface area contributed by atoms with E-state index in [0.717, 1.165) is 49.0 Å². The Balaban J connectivity index is 2.03. The quantitative estimate of drug-likeness (QED) is 0.920. The van der Waals surface area contributed by atoms with Crippen LogP contribution < -0.4 is 5.32 Å². The Hall–Kier alpha value is -1.36. The van der Waals surface area contributed by atoms with E-state index in [-0.39, 0.29) is 0 Å². The minimum Gasteiger partial charge on any atom is -0.314 e. The first kappa shape index (κ1) is 15.5. The van der Waals surface area contributed by atoms with Crippen molar-refractivity contribution in [1.82, 2.24) is 20.0 Å². The van der Waals surface area contributed by atoms with E-state index in [1.165, 1.54) is 17.7 Å². The van der Waals surface area contributed by atoms with Crippen LogP contribution in [0, 0.1) is 0 Å². The van der Waals surface area contributed by atoms with Crippen LogP contribution in [0.15, 0.2) is 24.3 Å². The molecule has 2 aromatic rings. The predicted molar refractivity (Wildman–Crippen MR) is 90.6 cm³/mol. The Morgan fingerprint density at radius 3 is 2.86 bits per heavy atom. The van der Waals surface area contributed by atoms with Gasteiger partial charge >= 0.3 is 0 Å². The highest BCUT2D eigenvalue weighted by Gasteiger charge is 2.25. The molecule has 0 amide bonds. The molecule has 0 fully saturated rings. The second-order valence-electron chi connectivity index (χ2n) is 5.79. The number of benzene rings is 1. The molecule has 2 heterocycles. The number of hydrogen-bond acceptors (Lipinski definition) is 3. The summed E-state index contributed by atoms with van der Waals surface area (Å²) in [4.78, 5) is 2.51. The number of halogens is 1. The van der Waals surface area contributed by atoms with Crippen molar-refractivity contribution in [1.29, 1.82) is 0 Å². The second kappa shape index (κ2) is 6.82. The van der Waals surface area contributed by atoms with Gasteiger partial charge in [-0.1, -0.05) is 30.7 Å². The number of rotatable bonds is 5. The average molecular weight is 319 g/mol. The molecule has 1 aromatic heterocycles. The van der Waals surface area contributed by atoms with Crippen LogP contribution in [0.3, 0.4) is 0 Å².